The summed E-state index contributed by atoms with van der Waals surface area (Å²) < 4.78 is 5.40. The number of para-hydroxylation sites is 1. The average molecular weight is 375 g/mol. The number of hydrogen-bond donors (Lipinski definition) is 0. The number of ether oxygens (including phenoxy) is 1. The molecule has 0 N–H and O–H groups in total. The molecule has 0 aliphatic carbocycles. The standard InChI is InChI=1S/C21H21N5O2/c1-28-19-8-3-2-6-16(19)17-9-10-20(24-23-17)25-12-14-26(15-13-25)21(27)18-7-4-5-11-22-18/h2-11H,12-15H2,1H3. The maximum Gasteiger partial charge on any atom is 0.272 e. The molecule has 28 heavy (non-hydrogen) atoms. The molecule has 0 unspecified atom stereocenters. The van der Waals surface area contributed by atoms with Gasteiger partial charge in [0, 0.05) is 37.9 Å². The van der Waals surface area contributed by atoms with Crippen LogP contribution < -0.4 is 9.64 Å². The minimum atomic E-state index is -0.0298. The van der Waals surface area contributed by atoms with Gasteiger partial charge in [0.2, 0.25) is 0 Å². The smallest absolute Gasteiger partial charge is 0.272 e. The van der Waals surface area contributed by atoms with Crippen molar-refractivity contribution in [2.75, 3.05) is 38.2 Å². The molecule has 0 radical (unpaired) electrons. The molecule has 3 heterocycles. The first-order valence-electron chi connectivity index (χ1n) is 9.18. The highest BCUT2D eigenvalue weighted by Gasteiger charge is 2.23. The Morgan fingerprint density at radius 3 is 2.39 bits per heavy atom. The summed E-state index contributed by atoms with van der Waals surface area (Å²) in [5, 5.41) is 8.76. The summed E-state index contributed by atoms with van der Waals surface area (Å²) in [5.41, 5.74) is 2.16. The van der Waals surface area contributed by atoms with Gasteiger partial charge in [-0.05, 0) is 36.4 Å². The van der Waals surface area contributed by atoms with E-state index in [1.807, 2.05) is 53.4 Å². The molecule has 142 valence electrons. The van der Waals surface area contributed by atoms with Gasteiger partial charge >= 0.3 is 0 Å². The Balaban J connectivity index is 1.42. The molecule has 1 fully saturated rings. The van der Waals surface area contributed by atoms with Crippen molar-refractivity contribution in [2.45, 2.75) is 0 Å². The third-order valence-electron chi connectivity index (χ3n) is 4.81. The fourth-order valence-electron chi connectivity index (χ4n) is 3.28. The highest BCUT2D eigenvalue weighted by atomic mass is 16.5. The van der Waals surface area contributed by atoms with Crippen LogP contribution in [0.2, 0.25) is 0 Å². The van der Waals surface area contributed by atoms with E-state index in [-0.39, 0.29) is 5.91 Å². The quantitative estimate of drug-likeness (QED) is 0.698. The fraction of sp³-hybridized carbons (Fsp3) is 0.238. The van der Waals surface area contributed by atoms with Crippen LogP contribution >= 0.6 is 0 Å². The van der Waals surface area contributed by atoms with E-state index >= 15 is 0 Å². The molecule has 0 bridgehead atoms. The molecular formula is C21H21N5O2. The number of anilines is 1. The minimum absolute atomic E-state index is 0.0298. The first kappa shape index (κ1) is 17.9. The largest absolute Gasteiger partial charge is 0.496 e. The molecule has 1 aliphatic rings. The van der Waals surface area contributed by atoms with E-state index in [1.54, 1.807) is 19.4 Å². The Hall–Kier alpha value is -3.48. The van der Waals surface area contributed by atoms with Crippen molar-refractivity contribution < 1.29 is 9.53 Å². The van der Waals surface area contributed by atoms with E-state index in [0.717, 1.165) is 22.8 Å². The van der Waals surface area contributed by atoms with Crippen LogP contribution in [0.5, 0.6) is 5.75 Å². The normalized spacial score (nSPS) is 14.0. The summed E-state index contributed by atoms with van der Waals surface area (Å²) in [4.78, 5) is 20.6. The van der Waals surface area contributed by atoms with Crippen LogP contribution in [0, 0.1) is 0 Å². The van der Waals surface area contributed by atoms with Crippen LogP contribution in [0.3, 0.4) is 0 Å². The van der Waals surface area contributed by atoms with E-state index in [0.29, 0.717) is 31.9 Å². The van der Waals surface area contributed by atoms with Crippen molar-refractivity contribution in [3.05, 3.63) is 66.5 Å². The molecule has 1 saturated heterocycles. The van der Waals surface area contributed by atoms with Crippen LogP contribution in [-0.4, -0.2) is 59.3 Å². The van der Waals surface area contributed by atoms with Gasteiger partial charge in [0.1, 0.15) is 11.4 Å². The number of carbonyl (C=O) groups excluding carboxylic acids is 1. The SMILES string of the molecule is COc1ccccc1-c1ccc(N2CCN(C(=O)c3ccccn3)CC2)nn1. The zero-order valence-electron chi connectivity index (χ0n) is 15.7. The third kappa shape index (κ3) is 3.64. The van der Waals surface area contributed by atoms with Crippen molar-refractivity contribution in [1.29, 1.82) is 0 Å². The van der Waals surface area contributed by atoms with Crippen LogP contribution in [0.4, 0.5) is 5.82 Å². The van der Waals surface area contributed by atoms with Crippen LogP contribution in [0.15, 0.2) is 60.8 Å². The van der Waals surface area contributed by atoms with Crippen molar-refractivity contribution in [2.24, 2.45) is 0 Å². The topological polar surface area (TPSA) is 71.5 Å². The monoisotopic (exact) mass is 375 g/mol. The van der Waals surface area contributed by atoms with Gasteiger partial charge in [0.05, 0.1) is 12.8 Å². The van der Waals surface area contributed by atoms with E-state index in [2.05, 4.69) is 20.1 Å². The lowest BCUT2D eigenvalue weighted by Gasteiger charge is -2.35. The Kier molecular flexibility index (Phi) is 5.14. The lowest BCUT2D eigenvalue weighted by Crippen LogP contribution is -2.49. The predicted octanol–water partition coefficient (Wildman–Crippen LogP) is 2.51. The number of rotatable bonds is 4. The Bertz CT molecular complexity index is 939. The fourth-order valence-corrected chi connectivity index (χ4v) is 3.28. The van der Waals surface area contributed by atoms with Gasteiger partial charge in [-0.15, -0.1) is 10.2 Å². The lowest BCUT2D eigenvalue weighted by atomic mass is 10.1. The first-order valence-corrected chi connectivity index (χ1v) is 9.18. The van der Waals surface area contributed by atoms with Crippen molar-refractivity contribution in [1.82, 2.24) is 20.1 Å². The maximum absolute atomic E-state index is 12.5. The number of carbonyl (C=O) groups is 1. The summed E-state index contributed by atoms with van der Waals surface area (Å²) in [5.74, 6) is 1.55. The number of pyridine rings is 1. The Morgan fingerprint density at radius 1 is 0.929 bits per heavy atom. The number of nitrogens with zero attached hydrogens (tertiary/aromatic N) is 5. The van der Waals surface area contributed by atoms with Gasteiger partial charge in [0.25, 0.3) is 5.91 Å². The highest BCUT2D eigenvalue weighted by Crippen LogP contribution is 2.28. The summed E-state index contributed by atoms with van der Waals surface area (Å²) in [7, 11) is 1.65. The second kappa shape index (κ2) is 8.04. The molecule has 0 spiro atoms. The van der Waals surface area contributed by atoms with Gasteiger partial charge in [-0.3, -0.25) is 9.78 Å². The number of amides is 1. The molecule has 2 aromatic heterocycles. The average Bonchev–Trinajstić information content (AvgIpc) is 2.79. The number of aromatic nitrogens is 3. The van der Waals surface area contributed by atoms with Gasteiger partial charge in [-0.25, -0.2) is 0 Å². The third-order valence-corrected chi connectivity index (χ3v) is 4.81. The molecule has 1 aromatic carbocycles. The minimum Gasteiger partial charge on any atom is -0.496 e. The number of methoxy groups -OCH3 is 1. The molecule has 7 nitrogen and oxygen atoms in total. The van der Waals surface area contributed by atoms with Crippen LogP contribution in [0.25, 0.3) is 11.3 Å². The zero-order chi connectivity index (χ0) is 19.3. The molecular weight excluding hydrogens is 354 g/mol. The summed E-state index contributed by atoms with van der Waals surface area (Å²) >= 11 is 0. The summed E-state index contributed by atoms with van der Waals surface area (Å²) in [6, 6.07) is 17.0. The Morgan fingerprint density at radius 2 is 1.71 bits per heavy atom. The molecule has 0 saturated carbocycles. The molecule has 3 aromatic rings. The number of benzene rings is 1. The van der Waals surface area contributed by atoms with E-state index < -0.39 is 0 Å². The van der Waals surface area contributed by atoms with E-state index in [1.165, 1.54) is 0 Å². The maximum atomic E-state index is 12.5. The van der Waals surface area contributed by atoms with E-state index in [4.69, 9.17) is 4.74 Å². The predicted molar refractivity (Wildman–Crippen MR) is 106 cm³/mol. The highest BCUT2D eigenvalue weighted by molar-refractivity contribution is 5.92. The molecule has 4 rings (SSSR count). The van der Waals surface area contributed by atoms with Crippen molar-refractivity contribution in [3.63, 3.8) is 0 Å². The van der Waals surface area contributed by atoms with Crippen LogP contribution in [0.1, 0.15) is 10.5 Å². The molecule has 0 atom stereocenters. The van der Waals surface area contributed by atoms with Gasteiger partial charge in [-0.2, -0.15) is 0 Å². The van der Waals surface area contributed by atoms with Gasteiger partial charge in [0.15, 0.2) is 5.82 Å². The zero-order valence-corrected chi connectivity index (χ0v) is 15.7. The lowest BCUT2D eigenvalue weighted by molar-refractivity contribution is 0.0740. The molecule has 1 amide bonds. The number of hydrogen-bond acceptors (Lipinski definition) is 6. The molecule has 7 heteroatoms. The van der Waals surface area contributed by atoms with Crippen molar-refractivity contribution in [3.8, 4) is 17.0 Å². The Labute approximate surface area is 163 Å². The van der Waals surface area contributed by atoms with Gasteiger partial charge in [-0.1, -0.05) is 18.2 Å². The van der Waals surface area contributed by atoms with E-state index in [9.17, 15) is 4.79 Å². The van der Waals surface area contributed by atoms with Gasteiger partial charge < -0.3 is 14.5 Å². The summed E-state index contributed by atoms with van der Waals surface area (Å²) in [6.07, 6.45) is 1.64. The second-order valence-electron chi connectivity index (χ2n) is 6.47. The van der Waals surface area contributed by atoms with Crippen molar-refractivity contribution >= 4 is 11.7 Å². The number of piperazine rings is 1. The molecule has 1 aliphatic heterocycles. The first-order chi connectivity index (χ1) is 13.8. The van der Waals surface area contributed by atoms with Crippen LogP contribution in [-0.2, 0) is 0 Å². The second-order valence-corrected chi connectivity index (χ2v) is 6.47. The summed E-state index contributed by atoms with van der Waals surface area (Å²) in [6.45, 7) is 2.68.